The van der Waals surface area contributed by atoms with Gasteiger partial charge in [-0.15, -0.1) is 11.3 Å². The van der Waals surface area contributed by atoms with Crippen LogP contribution in [0, 0.1) is 20.8 Å². The molecule has 1 unspecified atom stereocenters. The monoisotopic (exact) mass is 591 g/mol. The van der Waals surface area contributed by atoms with Crippen LogP contribution in [-0.4, -0.2) is 85.8 Å². The highest BCUT2D eigenvalue weighted by Gasteiger charge is 2.40. The Morgan fingerprint density at radius 2 is 1.80 bits per heavy atom. The largest absolute Gasteiger partial charge is 0.481 e. The molecular formula is C26H33N5O9S. The fraction of sp³-hybridized carbons (Fsp3) is 0.423. The summed E-state index contributed by atoms with van der Waals surface area (Å²) in [5, 5.41) is 51.1. The van der Waals surface area contributed by atoms with Crippen LogP contribution in [-0.2, 0) is 34.0 Å². The van der Waals surface area contributed by atoms with Crippen molar-refractivity contribution in [2.24, 2.45) is 0 Å². The maximum Gasteiger partial charge on any atom is 0.336 e. The maximum atomic E-state index is 10.8. The van der Waals surface area contributed by atoms with Crippen molar-refractivity contribution in [3.63, 3.8) is 0 Å². The number of fused-ring (bicyclic) bond motifs is 1. The quantitative estimate of drug-likeness (QED) is 0.151. The molecule has 0 bridgehead atoms. The first-order valence-corrected chi connectivity index (χ1v) is 13.4. The van der Waals surface area contributed by atoms with E-state index in [1.165, 1.54) is 0 Å². The van der Waals surface area contributed by atoms with E-state index >= 15 is 0 Å². The van der Waals surface area contributed by atoms with Crippen LogP contribution in [0.15, 0.2) is 40.5 Å². The molecule has 14 nitrogen and oxygen atoms in total. The number of imidazole rings is 1. The van der Waals surface area contributed by atoms with Crippen molar-refractivity contribution in [3.05, 3.63) is 64.6 Å². The smallest absolute Gasteiger partial charge is 0.336 e. The molecule has 0 aliphatic carbocycles. The van der Waals surface area contributed by atoms with Crippen LogP contribution < -0.4 is 0 Å². The van der Waals surface area contributed by atoms with Crippen LogP contribution in [0.4, 0.5) is 0 Å². The molecule has 0 fully saturated rings. The summed E-state index contributed by atoms with van der Waals surface area (Å²) in [5.74, 6) is -4.14. The lowest BCUT2D eigenvalue weighted by Crippen LogP contribution is -2.42. The Labute approximate surface area is 238 Å². The predicted molar refractivity (Wildman–Crippen MR) is 145 cm³/mol. The first-order chi connectivity index (χ1) is 19.3. The zero-order valence-corrected chi connectivity index (χ0v) is 23.6. The number of rotatable bonds is 13. The highest BCUT2D eigenvalue weighted by molar-refractivity contribution is 7.15. The number of aromatic nitrogens is 4. The zero-order valence-electron chi connectivity index (χ0n) is 22.8. The molecule has 4 aromatic heterocycles. The summed E-state index contributed by atoms with van der Waals surface area (Å²) in [6, 6.07) is 5.88. The number of hydrogen-bond acceptors (Lipinski definition) is 10. The Morgan fingerprint density at radius 1 is 1.12 bits per heavy atom. The second kappa shape index (κ2) is 13.5. The van der Waals surface area contributed by atoms with Gasteiger partial charge in [-0.2, -0.15) is 5.10 Å². The Balaban J connectivity index is 0.000000302. The number of hydrogen-bond donors (Lipinski definition) is 5. The molecule has 0 saturated carbocycles. The van der Waals surface area contributed by atoms with Crippen molar-refractivity contribution in [2.75, 3.05) is 6.54 Å². The van der Waals surface area contributed by atoms with Crippen LogP contribution in [0.1, 0.15) is 41.4 Å². The van der Waals surface area contributed by atoms with E-state index in [1.807, 2.05) is 55.2 Å². The summed E-state index contributed by atoms with van der Waals surface area (Å²) in [5.41, 5.74) is 1.44. The first kappa shape index (κ1) is 31.5. The number of nitrogens with zero attached hydrogens (tertiary/aromatic N) is 5. The minimum absolute atomic E-state index is 0.466. The molecule has 4 heterocycles. The summed E-state index contributed by atoms with van der Waals surface area (Å²) in [6.45, 7) is 8.29. The summed E-state index contributed by atoms with van der Waals surface area (Å²) >= 11 is 1.63. The third-order valence-electron chi connectivity index (χ3n) is 6.14. The number of aliphatic hydroxyl groups excluding tert-OH is 1. The van der Waals surface area contributed by atoms with Crippen LogP contribution in [0.25, 0.3) is 4.96 Å². The van der Waals surface area contributed by atoms with Gasteiger partial charge in [0, 0.05) is 30.4 Å². The van der Waals surface area contributed by atoms with E-state index in [2.05, 4.69) is 19.4 Å². The minimum atomic E-state index is -2.74. The number of carboxylic acids is 3. The van der Waals surface area contributed by atoms with Gasteiger partial charge in [0.1, 0.15) is 5.76 Å². The van der Waals surface area contributed by atoms with Crippen molar-refractivity contribution in [3.8, 4) is 0 Å². The normalized spacial score (nSPS) is 12.3. The molecule has 4 aromatic rings. The number of aryl methyl sites for hydroxylation is 3. The predicted octanol–water partition coefficient (Wildman–Crippen LogP) is 1.93. The van der Waals surface area contributed by atoms with Gasteiger partial charge in [0.25, 0.3) is 0 Å². The van der Waals surface area contributed by atoms with Gasteiger partial charge in [0.05, 0.1) is 55.4 Å². The molecule has 0 radical (unpaired) electrons. The topological polar surface area (TPSA) is 204 Å². The van der Waals surface area contributed by atoms with Gasteiger partial charge in [-0.1, -0.05) is 0 Å². The minimum Gasteiger partial charge on any atom is -0.481 e. The molecule has 0 spiro atoms. The van der Waals surface area contributed by atoms with Crippen LogP contribution in [0.2, 0.25) is 0 Å². The van der Waals surface area contributed by atoms with Crippen LogP contribution in [0.5, 0.6) is 0 Å². The molecule has 4 rings (SSSR count). The van der Waals surface area contributed by atoms with Crippen molar-refractivity contribution >= 4 is 34.2 Å². The lowest BCUT2D eigenvalue weighted by Gasteiger charge is -2.24. The molecule has 15 heteroatoms. The van der Waals surface area contributed by atoms with Crippen molar-refractivity contribution in [1.29, 1.82) is 0 Å². The maximum absolute atomic E-state index is 10.8. The third kappa shape index (κ3) is 8.72. The number of carboxylic acid groups (broad SMARTS) is 3. The molecule has 0 aliphatic rings. The van der Waals surface area contributed by atoms with E-state index < -0.39 is 42.5 Å². The van der Waals surface area contributed by atoms with Gasteiger partial charge in [-0.05, 0) is 39.0 Å². The van der Waals surface area contributed by atoms with E-state index in [1.54, 1.807) is 17.6 Å². The van der Waals surface area contributed by atoms with Crippen LogP contribution >= 0.6 is 11.3 Å². The fourth-order valence-corrected chi connectivity index (χ4v) is 5.06. The second-order valence-corrected chi connectivity index (χ2v) is 10.6. The molecule has 0 aromatic carbocycles. The van der Waals surface area contributed by atoms with Gasteiger partial charge in [-0.25, -0.2) is 9.78 Å². The number of thiazole rings is 1. The van der Waals surface area contributed by atoms with Gasteiger partial charge < -0.3 is 29.9 Å². The molecule has 1 atom stereocenters. The lowest BCUT2D eigenvalue weighted by atomic mass is 9.96. The van der Waals surface area contributed by atoms with Gasteiger partial charge in [0.2, 0.25) is 0 Å². The number of aliphatic carboxylic acids is 3. The second-order valence-electron chi connectivity index (χ2n) is 9.69. The van der Waals surface area contributed by atoms with Crippen molar-refractivity contribution in [1.82, 2.24) is 24.1 Å². The Hall–Kier alpha value is -4.05. The fourth-order valence-electron chi connectivity index (χ4n) is 4.28. The summed E-state index contributed by atoms with van der Waals surface area (Å²) < 4.78 is 9.54. The van der Waals surface area contributed by atoms with Crippen molar-refractivity contribution < 1.29 is 44.3 Å². The van der Waals surface area contributed by atoms with Gasteiger partial charge >= 0.3 is 17.9 Å². The van der Waals surface area contributed by atoms with Crippen LogP contribution in [0.3, 0.4) is 0 Å². The molecule has 41 heavy (non-hydrogen) atoms. The standard InChI is InChI=1S/C20H25N5O2S.C6H8O7/c1-14-9-15(2)25(22-14)11-17(26)10-23(12-18-5-4-7-27-18)13-19-16(3)21-20-24(19)6-8-28-20;7-3(8)1-6(13,5(11)12)2-4(9)10/h4-9,17,26H,10-13H2,1-3H3;13H,1-2H2,(H,7,8)(H,9,10)(H,11,12). The van der Waals surface area contributed by atoms with Gasteiger partial charge in [0.15, 0.2) is 10.6 Å². The number of furan rings is 1. The van der Waals surface area contributed by atoms with E-state index in [0.29, 0.717) is 26.2 Å². The number of carbonyl (C=O) groups is 3. The highest BCUT2D eigenvalue weighted by atomic mass is 32.1. The number of aliphatic hydroxyl groups is 2. The van der Waals surface area contributed by atoms with E-state index in [-0.39, 0.29) is 0 Å². The summed E-state index contributed by atoms with van der Waals surface area (Å²) in [7, 11) is 0. The molecule has 0 saturated heterocycles. The first-order valence-electron chi connectivity index (χ1n) is 12.5. The third-order valence-corrected chi connectivity index (χ3v) is 6.89. The lowest BCUT2D eigenvalue weighted by molar-refractivity contribution is -0.170. The SMILES string of the molecule is Cc1cc(C)n(CC(O)CN(Cc2ccco2)Cc2c(C)nc3sccn23)n1.O=C(O)CC(O)(CC(=O)O)C(=O)O. The molecular weight excluding hydrogens is 558 g/mol. The average Bonchev–Trinajstić information content (AvgIpc) is 3.62. The van der Waals surface area contributed by atoms with E-state index in [4.69, 9.17) is 24.8 Å². The van der Waals surface area contributed by atoms with Gasteiger partial charge in [-0.3, -0.25) is 23.6 Å². The molecule has 0 aliphatic heterocycles. The van der Waals surface area contributed by atoms with Crippen molar-refractivity contribution in [2.45, 2.75) is 65.0 Å². The molecule has 222 valence electrons. The Bertz CT molecular complexity index is 1460. The van der Waals surface area contributed by atoms with E-state index in [9.17, 15) is 19.5 Å². The zero-order chi connectivity index (χ0) is 30.3. The Kier molecular flexibility index (Phi) is 10.4. The molecule has 0 amide bonds. The Morgan fingerprint density at radius 3 is 2.34 bits per heavy atom. The highest BCUT2D eigenvalue weighted by Crippen LogP contribution is 2.20. The van der Waals surface area contributed by atoms with E-state index in [0.717, 1.165) is 33.5 Å². The summed E-state index contributed by atoms with van der Waals surface area (Å²) in [4.78, 5) is 38.3. The molecule has 5 N–H and O–H groups in total. The summed E-state index contributed by atoms with van der Waals surface area (Å²) in [6.07, 6.45) is 0.899. The average molecular weight is 592 g/mol.